The van der Waals surface area contributed by atoms with Crippen LogP contribution in [-0.4, -0.2) is 5.84 Å². The third kappa shape index (κ3) is 3.26. The first-order chi connectivity index (χ1) is 9.10. The van der Waals surface area contributed by atoms with Gasteiger partial charge in [-0.1, -0.05) is 30.7 Å². The predicted molar refractivity (Wildman–Crippen MR) is 78.4 cm³/mol. The minimum atomic E-state index is -0.0432. The summed E-state index contributed by atoms with van der Waals surface area (Å²) in [6.07, 6.45) is 0.937. The van der Waals surface area contributed by atoms with Crippen LogP contribution in [0.4, 0.5) is 0 Å². The second-order valence-electron chi connectivity index (χ2n) is 4.16. The molecule has 98 valence electrons. The van der Waals surface area contributed by atoms with E-state index in [1.54, 1.807) is 18.2 Å². The van der Waals surface area contributed by atoms with Crippen molar-refractivity contribution in [2.45, 2.75) is 13.3 Å². The molecule has 0 aliphatic heterocycles. The number of nitrogens with two attached hydrogens (primary N) is 1. The molecule has 0 aliphatic rings. The lowest BCUT2D eigenvalue weighted by molar-refractivity contribution is 0.481. The van der Waals surface area contributed by atoms with E-state index < -0.39 is 0 Å². The van der Waals surface area contributed by atoms with Crippen LogP contribution in [0.1, 0.15) is 18.1 Å². The van der Waals surface area contributed by atoms with Gasteiger partial charge in [-0.15, -0.1) is 0 Å². The van der Waals surface area contributed by atoms with Gasteiger partial charge in [0.15, 0.2) is 0 Å². The molecule has 19 heavy (non-hydrogen) atoms. The Labute approximate surface area is 117 Å². The number of halogens is 1. The van der Waals surface area contributed by atoms with E-state index in [0.717, 1.165) is 6.42 Å². The number of nitrogens with one attached hydrogen (secondary N) is 1. The summed E-state index contributed by atoms with van der Waals surface area (Å²) in [4.78, 5) is 0. The highest BCUT2D eigenvalue weighted by atomic mass is 35.5. The van der Waals surface area contributed by atoms with Crippen molar-refractivity contribution in [1.29, 1.82) is 5.41 Å². The van der Waals surface area contributed by atoms with Crippen LogP contribution in [0.25, 0.3) is 0 Å². The smallest absolute Gasteiger partial charge is 0.139 e. The highest BCUT2D eigenvalue weighted by Gasteiger charge is 2.09. The Morgan fingerprint density at radius 3 is 2.74 bits per heavy atom. The number of rotatable bonds is 4. The second kappa shape index (κ2) is 5.76. The van der Waals surface area contributed by atoms with Crippen molar-refractivity contribution in [2.75, 3.05) is 0 Å². The zero-order valence-corrected chi connectivity index (χ0v) is 11.4. The highest BCUT2D eigenvalue weighted by molar-refractivity contribution is 6.30. The molecule has 0 radical (unpaired) electrons. The molecular weight excluding hydrogens is 260 g/mol. The summed E-state index contributed by atoms with van der Waals surface area (Å²) >= 11 is 5.95. The quantitative estimate of drug-likeness (QED) is 0.654. The summed E-state index contributed by atoms with van der Waals surface area (Å²) in [5.74, 6) is 1.16. The molecule has 0 heterocycles. The molecule has 0 saturated carbocycles. The van der Waals surface area contributed by atoms with Gasteiger partial charge in [-0.25, -0.2) is 0 Å². The standard InChI is InChI=1S/C15H15ClN2O/c1-2-10-4-3-5-12(8-10)19-14-9-11(16)6-7-13(14)15(17)18/h3-9H,2H2,1H3,(H3,17,18). The highest BCUT2D eigenvalue weighted by Crippen LogP contribution is 2.28. The number of ether oxygens (including phenoxy) is 1. The van der Waals surface area contributed by atoms with E-state index >= 15 is 0 Å². The molecule has 0 aliphatic carbocycles. The van der Waals surface area contributed by atoms with Gasteiger partial charge in [0.05, 0.1) is 5.56 Å². The number of nitrogen functional groups attached to an aromatic ring is 1. The first kappa shape index (κ1) is 13.4. The van der Waals surface area contributed by atoms with Gasteiger partial charge in [-0.3, -0.25) is 5.41 Å². The van der Waals surface area contributed by atoms with Gasteiger partial charge in [-0.2, -0.15) is 0 Å². The topological polar surface area (TPSA) is 59.1 Å². The minimum absolute atomic E-state index is 0.0432. The molecule has 0 unspecified atom stereocenters. The van der Waals surface area contributed by atoms with Crippen LogP contribution in [0.5, 0.6) is 11.5 Å². The predicted octanol–water partition coefficient (Wildman–Crippen LogP) is 3.98. The molecule has 2 aromatic rings. The molecule has 0 fully saturated rings. The molecule has 4 heteroatoms. The molecule has 0 atom stereocenters. The third-order valence-corrected chi connectivity index (χ3v) is 3.00. The van der Waals surface area contributed by atoms with E-state index in [9.17, 15) is 0 Å². The summed E-state index contributed by atoms with van der Waals surface area (Å²) in [5.41, 5.74) is 7.25. The minimum Gasteiger partial charge on any atom is -0.457 e. The van der Waals surface area contributed by atoms with Crippen LogP contribution in [0.2, 0.25) is 5.02 Å². The normalized spacial score (nSPS) is 10.2. The van der Waals surface area contributed by atoms with Crippen LogP contribution in [0.3, 0.4) is 0 Å². The fourth-order valence-corrected chi connectivity index (χ4v) is 1.92. The Hall–Kier alpha value is -2.00. The lowest BCUT2D eigenvalue weighted by Crippen LogP contribution is -2.12. The first-order valence-corrected chi connectivity index (χ1v) is 6.38. The SMILES string of the molecule is CCc1cccc(Oc2cc(Cl)ccc2C(=N)N)c1. The van der Waals surface area contributed by atoms with Gasteiger partial charge in [0, 0.05) is 11.1 Å². The molecule has 0 spiro atoms. The molecular formula is C15H15ClN2O. The zero-order valence-electron chi connectivity index (χ0n) is 10.6. The maximum absolute atomic E-state index is 7.55. The Balaban J connectivity index is 2.36. The number of benzene rings is 2. The fraction of sp³-hybridized carbons (Fsp3) is 0.133. The van der Waals surface area contributed by atoms with Crippen molar-refractivity contribution >= 4 is 17.4 Å². The van der Waals surface area contributed by atoms with Crippen LogP contribution in [0.15, 0.2) is 42.5 Å². The molecule has 0 aromatic heterocycles. The van der Waals surface area contributed by atoms with Crippen LogP contribution in [-0.2, 0) is 6.42 Å². The van der Waals surface area contributed by atoms with Gasteiger partial charge >= 0.3 is 0 Å². The molecule has 2 aromatic carbocycles. The van der Waals surface area contributed by atoms with Crippen molar-refractivity contribution in [3.05, 3.63) is 58.6 Å². The Bertz CT molecular complexity index is 611. The van der Waals surface area contributed by atoms with Gasteiger partial charge in [0.1, 0.15) is 17.3 Å². The summed E-state index contributed by atoms with van der Waals surface area (Å²) in [7, 11) is 0. The van der Waals surface area contributed by atoms with Crippen molar-refractivity contribution < 1.29 is 4.74 Å². The van der Waals surface area contributed by atoms with Crippen molar-refractivity contribution in [3.63, 3.8) is 0 Å². The van der Waals surface area contributed by atoms with Gasteiger partial charge in [0.2, 0.25) is 0 Å². The molecule has 0 amide bonds. The zero-order chi connectivity index (χ0) is 13.8. The number of hydrogen-bond donors (Lipinski definition) is 2. The van der Waals surface area contributed by atoms with Crippen molar-refractivity contribution in [1.82, 2.24) is 0 Å². The van der Waals surface area contributed by atoms with E-state index in [0.29, 0.717) is 22.1 Å². The molecule has 0 saturated heterocycles. The average Bonchev–Trinajstić information content (AvgIpc) is 2.38. The van der Waals surface area contributed by atoms with Crippen molar-refractivity contribution in [3.8, 4) is 11.5 Å². The van der Waals surface area contributed by atoms with Gasteiger partial charge in [-0.05, 0) is 36.2 Å². The maximum atomic E-state index is 7.55. The fourth-order valence-electron chi connectivity index (χ4n) is 1.76. The summed E-state index contributed by atoms with van der Waals surface area (Å²) < 4.78 is 5.79. The Morgan fingerprint density at radius 1 is 1.26 bits per heavy atom. The van der Waals surface area contributed by atoms with Gasteiger partial charge in [0.25, 0.3) is 0 Å². The van der Waals surface area contributed by atoms with E-state index in [4.69, 9.17) is 27.5 Å². The van der Waals surface area contributed by atoms with E-state index in [1.807, 2.05) is 24.3 Å². The molecule has 3 N–H and O–H groups in total. The monoisotopic (exact) mass is 274 g/mol. The summed E-state index contributed by atoms with van der Waals surface area (Å²) in [5, 5.41) is 8.09. The lowest BCUT2D eigenvalue weighted by Gasteiger charge is -2.11. The average molecular weight is 275 g/mol. The second-order valence-corrected chi connectivity index (χ2v) is 4.59. The van der Waals surface area contributed by atoms with E-state index in [1.165, 1.54) is 5.56 Å². The summed E-state index contributed by atoms with van der Waals surface area (Å²) in [6.45, 7) is 2.08. The maximum Gasteiger partial charge on any atom is 0.139 e. The Kier molecular flexibility index (Phi) is 4.07. The van der Waals surface area contributed by atoms with Crippen LogP contribution < -0.4 is 10.5 Å². The van der Waals surface area contributed by atoms with Crippen molar-refractivity contribution in [2.24, 2.45) is 5.73 Å². The molecule has 2 rings (SSSR count). The number of hydrogen-bond acceptors (Lipinski definition) is 2. The Morgan fingerprint density at radius 2 is 2.05 bits per heavy atom. The first-order valence-electron chi connectivity index (χ1n) is 6.01. The van der Waals surface area contributed by atoms with Gasteiger partial charge < -0.3 is 10.5 Å². The number of amidine groups is 1. The number of aryl methyl sites for hydroxylation is 1. The molecule has 3 nitrogen and oxygen atoms in total. The molecule has 0 bridgehead atoms. The summed E-state index contributed by atoms with van der Waals surface area (Å²) in [6, 6.07) is 12.8. The van der Waals surface area contributed by atoms with E-state index in [-0.39, 0.29) is 5.84 Å². The van der Waals surface area contributed by atoms with Crippen LogP contribution in [0, 0.1) is 5.41 Å². The lowest BCUT2D eigenvalue weighted by atomic mass is 10.1. The van der Waals surface area contributed by atoms with Crippen LogP contribution >= 0.6 is 11.6 Å². The van der Waals surface area contributed by atoms with E-state index in [2.05, 4.69) is 6.92 Å². The largest absolute Gasteiger partial charge is 0.457 e. The third-order valence-electron chi connectivity index (χ3n) is 2.77.